The second kappa shape index (κ2) is 7.42. The molecule has 3 rings (SSSR count). The number of piperidine rings is 1. The molecule has 3 N–H and O–H groups in total. The van der Waals surface area contributed by atoms with Gasteiger partial charge >= 0.3 is 0 Å². The van der Waals surface area contributed by atoms with Gasteiger partial charge in [-0.05, 0) is 24.8 Å². The zero-order chi connectivity index (χ0) is 16.1. The van der Waals surface area contributed by atoms with E-state index in [4.69, 9.17) is 0 Å². The predicted octanol–water partition coefficient (Wildman–Crippen LogP) is 1.32. The van der Waals surface area contributed by atoms with Crippen LogP contribution in [0.5, 0.6) is 0 Å². The number of nitrogens with one attached hydrogen (secondary N) is 3. The summed E-state index contributed by atoms with van der Waals surface area (Å²) in [6, 6.07) is 8.04. The zero-order valence-electron chi connectivity index (χ0n) is 13.6. The van der Waals surface area contributed by atoms with E-state index in [2.05, 4.69) is 22.4 Å². The molecule has 0 radical (unpaired) electrons. The van der Waals surface area contributed by atoms with Crippen LogP contribution in [0.25, 0.3) is 10.9 Å². The van der Waals surface area contributed by atoms with E-state index in [1.54, 1.807) is 11.1 Å². The van der Waals surface area contributed by atoms with Crippen molar-refractivity contribution in [1.82, 2.24) is 10.4 Å². The Morgan fingerprint density at radius 3 is 3.00 bits per heavy atom. The number of hydrogen-bond donors (Lipinski definition) is 3. The highest BCUT2D eigenvalue weighted by atomic mass is 16.2. The summed E-state index contributed by atoms with van der Waals surface area (Å²) >= 11 is 0. The molecule has 1 fully saturated rings. The fourth-order valence-corrected chi connectivity index (χ4v) is 3.14. The number of aromatic nitrogens is 1. The lowest BCUT2D eigenvalue weighted by molar-refractivity contribution is -0.905. The second-order valence-electron chi connectivity index (χ2n) is 6.52. The fraction of sp³-hybridized carbons (Fsp3) is 0.444. The maximum Gasteiger partial charge on any atom is 0.245 e. The zero-order valence-corrected chi connectivity index (χ0v) is 13.6. The van der Waals surface area contributed by atoms with E-state index in [-0.39, 0.29) is 5.91 Å². The summed E-state index contributed by atoms with van der Waals surface area (Å²) < 4.78 is 0. The number of nitrogens with zero attached hydrogens (tertiary/aromatic N) is 1. The average Bonchev–Trinajstić information content (AvgIpc) is 2.98. The number of H-pyrrole nitrogens is 1. The minimum atomic E-state index is -0.00721. The van der Waals surface area contributed by atoms with Crippen molar-refractivity contribution in [2.45, 2.75) is 26.2 Å². The van der Waals surface area contributed by atoms with E-state index in [0.717, 1.165) is 28.9 Å². The van der Waals surface area contributed by atoms with E-state index in [1.807, 2.05) is 30.5 Å². The molecule has 1 saturated heterocycles. The number of hydrazone groups is 1. The van der Waals surface area contributed by atoms with Gasteiger partial charge in [0.25, 0.3) is 0 Å². The first-order chi connectivity index (χ1) is 11.2. The van der Waals surface area contributed by atoms with Crippen LogP contribution in [0.4, 0.5) is 0 Å². The van der Waals surface area contributed by atoms with Crippen molar-refractivity contribution in [1.29, 1.82) is 0 Å². The molecule has 0 saturated carbocycles. The number of para-hydroxylation sites is 1. The fourth-order valence-electron chi connectivity index (χ4n) is 3.14. The lowest BCUT2D eigenvalue weighted by atomic mass is 9.99. The molecule has 0 bridgehead atoms. The molecule has 1 aromatic heterocycles. The van der Waals surface area contributed by atoms with Gasteiger partial charge in [-0.25, -0.2) is 5.43 Å². The minimum absolute atomic E-state index is 0.00721. The first-order valence-electron chi connectivity index (χ1n) is 8.44. The molecule has 5 nitrogen and oxygen atoms in total. The average molecular weight is 313 g/mol. The summed E-state index contributed by atoms with van der Waals surface area (Å²) in [5.41, 5.74) is 4.69. The van der Waals surface area contributed by atoms with Gasteiger partial charge in [-0.2, -0.15) is 5.10 Å². The molecule has 122 valence electrons. The number of carbonyl (C=O) groups is 1. The highest BCUT2D eigenvalue weighted by Gasteiger charge is 2.19. The van der Waals surface area contributed by atoms with E-state index in [9.17, 15) is 4.79 Å². The lowest BCUT2D eigenvalue weighted by Gasteiger charge is -2.26. The van der Waals surface area contributed by atoms with Crippen molar-refractivity contribution in [3.8, 4) is 0 Å². The summed E-state index contributed by atoms with van der Waals surface area (Å²) in [7, 11) is 0. The molecular formula is C18H25N4O+. The molecule has 1 amide bonds. The molecule has 23 heavy (non-hydrogen) atoms. The molecule has 1 aromatic carbocycles. The molecule has 0 spiro atoms. The van der Waals surface area contributed by atoms with Gasteiger partial charge in [-0.15, -0.1) is 0 Å². The maximum absolute atomic E-state index is 11.9. The number of fused-ring (bicyclic) bond motifs is 1. The molecule has 0 atom stereocenters. The number of amides is 1. The topological polar surface area (TPSA) is 61.7 Å². The normalized spacial score (nSPS) is 21.8. The number of aromatic amines is 1. The molecule has 2 heterocycles. The highest BCUT2D eigenvalue weighted by Crippen LogP contribution is 2.15. The van der Waals surface area contributed by atoms with Gasteiger partial charge in [-0.1, -0.05) is 25.1 Å². The number of likely N-dealkylation sites (tertiary alicyclic amines) is 1. The number of carbonyl (C=O) groups excluding carboxylic acids is 1. The number of hydrogen-bond acceptors (Lipinski definition) is 2. The Bertz CT molecular complexity index is 683. The third-order valence-electron chi connectivity index (χ3n) is 4.70. The molecule has 1 aliphatic heterocycles. The Morgan fingerprint density at radius 2 is 2.17 bits per heavy atom. The van der Waals surface area contributed by atoms with Gasteiger partial charge in [0.1, 0.15) is 0 Å². The molecule has 0 aliphatic carbocycles. The molecular weight excluding hydrogens is 288 g/mol. The highest BCUT2D eigenvalue weighted by molar-refractivity contribution is 5.99. The Morgan fingerprint density at radius 1 is 1.39 bits per heavy atom. The van der Waals surface area contributed by atoms with Crippen molar-refractivity contribution >= 4 is 23.0 Å². The Labute approximate surface area is 136 Å². The third kappa shape index (κ3) is 4.20. The van der Waals surface area contributed by atoms with Crippen LogP contribution in [-0.4, -0.2) is 36.7 Å². The first-order valence-corrected chi connectivity index (χ1v) is 8.44. The van der Waals surface area contributed by atoms with Gasteiger partial charge in [0.2, 0.25) is 5.91 Å². The number of quaternary nitrogens is 1. The standard InChI is InChI=1S/C18H24N4O/c1-14-6-9-22(10-7-14)11-8-18(23)21-20-13-15-12-19-17-5-3-2-4-16(15)17/h2-5,12-14,19H,6-11H2,1H3,(H,21,23)/p+1. The van der Waals surface area contributed by atoms with Crippen LogP contribution in [0.15, 0.2) is 35.6 Å². The van der Waals surface area contributed by atoms with E-state index in [0.29, 0.717) is 6.42 Å². The summed E-state index contributed by atoms with van der Waals surface area (Å²) in [5, 5.41) is 5.19. The molecule has 0 unspecified atom stereocenters. The smallest absolute Gasteiger partial charge is 0.245 e. The van der Waals surface area contributed by atoms with Crippen LogP contribution in [0.3, 0.4) is 0 Å². The quantitative estimate of drug-likeness (QED) is 0.566. The summed E-state index contributed by atoms with van der Waals surface area (Å²) in [4.78, 5) is 16.6. The second-order valence-corrected chi connectivity index (χ2v) is 6.52. The Kier molecular flexibility index (Phi) is 5.08. The van der Waals surface area contributed by atoms with Crippen LogP contribution in [-0.2, 0) is 4.79 Å². The van der Waals surface area contributed by atoms with Crippen molar-refractivity contribution in [2.75, 3.05) is 19.6 Å². The van der Waals surface area contributed by atoms with Gasteiger partial charge in [0, 0.05) is 22.7 Å². The van der Waals surface area contributed by atoms with Crippen molar-refractivity contribution in [3.63, 3.8) is 0 Å². The van der Waals surface area contributed by atoms with Crippen LogP contribution < -0.4 is 10.3 Å². The number of rotatable bonds is 5. The SMILES string of the molecule is CC1CC[NH+](CCC(=O)NN=Cc2c[nH]c3ccccc23)CC1. The third-order valence-corrected chi connectivity index (χ3v) is 4.70. The maximum atomic E-state index is 11.9. The van der Waals surface area contributed by atoms with Crippen LogP contribution >= 0.6 is 0 Å². The summed E-state index contributed by atoms with van der Waals surface area (Å²) in [6.07, 6.45) is 6.69. The summed E-state index contributed by atoms with van der Waals surface area (Å²) in [6.45, 7) is 5.59. The molecule has 1 aliphatic rings. The van der Waals surface area contributed by atoms with Crippen LogP contribution in [0, 0.1) is 5.92 Å². The molecule has 2 aromatic rings. The minimum Gasteiger partial charge on any atom is -0.361 e. The largest absolute Gasteiger partial charge is 0.361 e. The lowest BCUT2D eigenvalue weighted by Crippen LogP contribution is -3.13. The van der Waals surface area contributed by atoms with Crippen molar-refractivity contribution in [2.24, 2.45) is 11.0 Å². The van der Waals surface area contributed by atoms with E-state index in [1.165, 1.54) is 25.9 Å². The van der Waals surface area contributed by atoms with Crippen LogP contribution in [0.2, 0.25) is 0 Å². The Hall–Kier alpha value is -2.14. The van der Waals surface area contributed by atoms with Gasteiger partial charge < -0.3 is 9.88 Å². The van der Waals surface area contributed by atoms with Gasteiger partial charge in [0.15, 0.2) is 0 Å². The number of benzene rings is 1. The summed E-state index contributed by atoms with van der Waals surface area (Å²) in [5.74, 6) is 0.834. The predicted molar refractivity (Wildman–Crippen MR) is 92.6 cm³/mol. The van der Waals surface area contributed by atoms with Crippen molar-refractivity contribution < 1.29 is 9.69 Å². The first kappa shape index (κ1) is 15.7. The molecule has 5 heteroatoms. The van der Waals surface area contributed by atoms with Gasteiger partial charge in [-0.3, -0.25) is 4.79 Å². The Balaban J connectivity index is 1.45. The van der Waals surface area contributed by atoms with Crippen LogP contribution in [0.1, 0.15) is 31.7 Å². The van der Waals surface area contributed by atoms with Crippen molar-refractivity contribution in [3.05, 3.63) is 36.0 Å². The van der Waals surface area contributed by atoms with E-state index >= 15 is 0 Å². The van der Waals surface area contributed by atoms with Gasteiger partial charge in [0.05, 0.1) is 32.3 Å². The van der Waals surface area contributed by atoms with E-state index < -0.39 is 0 Å². The monoisotopic (exact) mass is 313 g/mol.